The summed E-state index contributed by atoms with van der Waals surface area (Å²) >= 11 is 0. The Kier molecular flexibility index (Phi) is 3.03. The molecule has 6 heteroatoms. The number of hydrogen-bond donors (Lipinski definition) is 0. The number of aromatic nitrogens is 4. The Morgan fingerprint density at radius 1 is 1.09 bits per heavy atom. The van der Waals surface area contributed by atoms with E-state index in [4.69, 9.17) is 0 Å². The largest absolute Gasteiger partial charge is 0.295 e. The minimum absolute atomic E-state index is 0.0808. The van der Waals surface area contributed by atoms with Crippen molar-refractivity contribution in [1.82, 2.24) is 19.1 Å². The van der Waals surface area contributed by atoms with Gasteiger partial charge in [-0.1, -0.05) is 6.42 Å². The zero-order valence-corrected chi connectivity index (χ0v) is 12.0. The molecule has 0 aliphatic carbocycles. The van der Waals surface area contributed by atoms with Crippen LogP contribution >= 0.6 is 0 Å². The fourth-order valence-corrected chi connectivity index (χ4v) is 2.97. The van der Waals surface area contributed by atoms with E-state index >= 15 is 0 Å². The molecule has 3 heterocycles. The second-order valence-corrected chi connectivity index (χ2v) is 5.56. The van der Waals surface area contributed by atoms with E-state index in [0.29, 0.717) is 17.7 Å². The monoisotopic (exact) mass is 298 g/mol. The molecule has 4 rings (SSSR count). The van der Waals surface area contributed by atoms with Crippen LogP contribution < -0.4 is 5.56 Å². The highest BCUT2D eigenvalue weighted by atomic mass is 19.1. The predicted molar refractivity (Wildman–Crippen MR) is 80.6 cm³/mol. The van der Waals surface area contributed by atoms with Crippen LogP contribution in [0.15, 0.2) is 35.4 Å². The lowest BCUT2D eigenvalue weighted by molar-refractivity contribution is 0.613. The summed E-state index contributed by atoms with van der Waals surface area (Å²) in [5.74, 6) is 0.522. The van der Waals surface area contributed by atoms with E-state index in [1.165, 1.54) is 12.1 Å². The summed E-state index contributed by atoms with van der Waals surface area (Å²) in [5.41, 5.74) is 1.58. The van der Waals surface area contributed by atoms with Crippen LogP contribution in [0.5, 0.6) is 0 Å². The number of aryl methyl sites for hydroxylation is 1. The average Bonchev–Trinajstić information content (AvgIpc) is 2.79. The van der Waals surface area contributed by atoms with E-state index in [2.05, 4.69) is 9.97 Å². The molecule has 22 heavy (non-hydrogen) atoms. The molecular formula is C16H15FN4O. The highest BCUT2D eigenvalue weighted by Gasteiger charge is 2.17. The zero-order valence-electron chi connectivity index (χ0n) is 12.0. The minimum atomic E-state index is -0.296. The van der Waals surface area contributed by atoms with Crippen molar-refractivity contribution in [2.45, 2.75) is 32.2 Å². The van der Waals surface area contributed by atoms with E-state index in [9.17, 15) is 9.18 Å². The summed E-state index contributed by atoms with van der Waals surface area (Å²) in [4.78, 5) is 21.5. The highest BCUT2D eigenvalue weighted by molar-refractivity contribution is 5.72. The summed E-state index contributed by atoms with van der Waals surface area (Å²) in [7, 11) is 0. The summed E-state index contributed by atoms with van der Waals surface area (Å²) in [6, 6.07) is 6.08. The number of hydrogen-bond acceptors (Lipinski definition) is 3. The molecule has 0 amide bonds. The molecule has 5 nitrogen and oxygen atoms in total. The SMILES string of the molecule is O=c1c2ncn(-c3ccc(F)cc3)c2nc2n1CCCCC2. The number of nitrogens with zero attached hydrogens (tertiary/aromatic N) is 4. The maximum Gasteiger partial charge on any atom is 0.281 e. The molecular weight excluding hydrogens is 283 g/mol. The molecule has 1 aromatic carbocycles. The summed E-state index contributed by atoms with van der Waals surface area (Å²) in [6.45, 7) is 0.709. The normalized spacial score (nSPS) is 14.8. The van der Waals surface area contributed by atoms with Crippen LogP contribution in [0.25, 0.3) is 16.9 Å². The molecule has 0 saturated carbocycles. The number of benzene rings is 1. The molecule has 112 valence electrons. The molecule has 2 aromatic heterocycles. The van der Waals surface area contributed by atoms with Crippen molar-refractivity contribution >= 4 is 11.2 Å². The van der Waals surface area contributed by atoms with Crippen molar-refractivity contribution in [2.24, 2.45) is 0 Å². The maximum absolute atomic E-state index is 13.1. The molecule has 0 spiro atoms. The van der Waals surface area contributed by atoms with Crippen LogP contribution in [0, 0.1) is 5.82 Å². The fraction of sp³-hybridized carbons (Fsp3) is 0.312. The van der Waals surface area contributed by atoms with Gasteiger partial charge in [0.15, 0.2) is 11.2 Å². The van der Waals surface area contributed by atoms with Crippen LogP contribution in [-0.4, -0.2) is 19.1 Å². The van der Waals surface area contributed by atoms with Gasteiger partial charge in [-0.3, -0.25) is 13.9 Å². The Morgan fingerprint density at radius 3 is 2.73 bits per heavy atom. The van der Waals surface area contributed by atoms with Gasteiger partial charge in [0, 0.05) is 18.7 Å². The van der Waals surface area contributed by atoms with Gasteiger partial charge < -0.3 is 0 Å². The van der Waals surface area contributed by atoms with Gasteiger partial charge in [-0.2, -0.15) is 0 Å². The van der Waals surface area contributed by atoms with Gasteiger partial charge in [0.2, 0.25) is 0 Å². The number of fused-ring (bicyclic) bond motifs is 2. The zero-order chi connectivity index (χ0) is 15.1. The Morgan fingerprint density at radius 2 is 1.91 bits per heavy atom. The van der Waals surface area contributed by atoms with Gasteiger partial charge in [-0.15, -0.1) is 0 Å². The molecule has 0 saturated heterocycles. The third-order valence-corrected chi connectivity index (χ3v) is 4.12. The quantitative estimate of drug-likeness (QED) is 0.693. The molecule has 3 aromatic rings. The maximum atomic E-state index is 13.1. The third-order valence-electron chi connectivity index (χ3n) is 4.12. The first-order valence-electron chi connectivity index (χ1n) is 7.47. The highest BCUT2D eigenvalue weighted by Crippen LogP contribution is 2.18. The standard InChI is InChI=1S/C16H15FN4O/c17-11-5-7-12(8-6-11)21-10-18-14-15(21)19-13-4-2-1-3-9-20(13)16(14)22/h5-8,10H,1-4,9H2. The van der Waals surface area contributed by atoms with E-state index in [-0.39, 0.29) is 11.4 Å². The fourth-order valence-electron chi connectivity index (χ4n) is 2.97. The molecule has 0 bridgehead atoms. The van der Waals surface area contributed by atoms with Gasteiger partial charge in [-0.05, 0) is 37.1 Å². The molecule has 0 atom stereocenters. The summed E-state index contributed by atoms with van der Waals surface area (Å²) in [6.07, 6.45) is 5.53. The van der Waals surface area contributed by atoms with Crippen molar-refractivity contribution in [3.63, 3.8) is 0 Å². The average molecular weight is 298 g/mol. The van der Waals surface area contributed by atoms with Crippen LogP contribution in [0.1, 0.15) is 25.1 Å². The molecule has 1 aliphatic rings. The van der Waals surface area contributed by atoms with E-state index in [1.807, 2.05) is 0 Å². The van der Waals surface area contributed by atoms with Crippen molar-refractivity contribution in [3.8, 4) is 5.69 Å². The summed E-state index contributed by atoms with van der Waals surface area (Å²) < 4.78 is 16.6. The topological polar surface area (TPSA) is 52.7 Å². The smallest absolute Gasteiger partial charge is 0.281 e. The third kappa shape index (κ3) is 2.03. The first-order valence-corrected chi connectivity index (χ1v) is 7.47. The Balaban J connectivity index is 1.95. The van der Waals surface area contributed by atoms with E-state index in [1.54, 1.807) is 27.6 Å². The van der Waals surface area contributed by atoms with Gasteiger partial charge in [-0.25, -0.2) is 14.4 Å². The predicted octanol–water partition coefficient (Wildman–Crippen LogP) is 2.45. The van der Waals surface area contributed by atoms with Gasteiger partial charge in [0.1, 0.15) is 18.0 Å². The van der Waals surface area contributed by atoms with Gasteiger partial charge in [0.05, 0.1) is 0 Å². The van der Waals surface area contributed by atoms with Crippen molar-refractivity contribution in [1.29, 1.82) is 0 Å². The second kappa shape index (κ2) is 5.05. The Bertz CT molecular complexity index is 895. The van der Waals surface area contributed by atoms with Gasteiger partial charge >= 0.3 is 0 Å². The molecule has 1 aliphatic heterocycles. The molecule has 0 fully saturated rings. The summed E-state index contributed by atoms with van der Waals surface area (Å²) in [5, 5.41) is 0. The molecule has 0 N–H and O–H groups in total. The van der Waals surface area contributed by atoms with Crippen molar-refractivity contribution < 1.29 is 4.39 Å². The second-order valence-electron chi connectivity index (χ2n) is 5.56. The van der Waals surface area contributed by atoms with Crippen LogP contribution in [0.2, 0.25) is 0 Å². The lowest BCUT2D eigenvalue weighted by Crippen LogP contribution is -2.24. The van der Waals surface area contributed by atoms with Gasteiger partial charge in [0.25, 0.3) is 5.56 Å². The number of imidazole rings is 1. The van der Waals surface area contributed by atoms with Crippen LogP contribution in [0.4, 0.5) is 4.39 Å². The molecule has 0 unspecified atom stereocenters. The molecule has 0 radical (unpaired) electrons. The Hall–Kier alpha value is -2.50. The van der Waals surface area contributed by atoms with Crippen molar-refractivity contribution in [2.75, 3.05) is 0 Å². The van der Waals surface area contributed by atoms with Crippen LogP contribution in [-0.2, 0) is 13.0 Å². The minimum Gasteiger partial charge on any atom is -0.295 e. The lowest BCUT2D eigenvalue weighted by atomic mass is 10.2. The number of rotatable bonds is 1. The lowest BCUT2D eigenvalue weighted by Gasteiger charge is -2.09. The van der Waals surface area contributed by atoms with E-state index < -0.39 is 0 Å². The Labute approximate surface area is 126 Å². The first-order chi connectivity index (χ1) is 10.7. The number of halogens is 1. The van der Waals surface area contributed by atoms with Crippen LogP contribution in [0.3, 0.4) is 0 Å². The van der Waals surface area contributed by atoms with Crippen molar-refractivity contribution in [3.05, 3.63) is 52.6 Å². The first kappa shape index (κ1) is 13.2. The van der Waals surface area contributed by atoms with E-state index in [0.717, 1.165) is 37.2 Å².